The number of rotatable bonds is 6. The zero-order valence-electron chi connectivity index (χ0n) is 13.0. The minimum absolute atomic E-state index is 0.00667. The highest BCUT2D eigenvalue weighted by atomic mass is 16.4. The third-order valence-electron chi connectivity index (χ3n) is 4.41. The van der Waals surface area contributed by atoms with Crippen molar-refractivity contribution in [3.8, 4) is 0 Å². The molecule has 3 rings (SSSR count). The van der Waals surface area contributed by atoms with E-state index >= 15 is 0 Å². The zero-order valence-corrected chi connectivity index (χ0v) is 13.0. The van der Waals surface area contributed by atoms with Crippen molar-refractivity contribution in [3.05, 3.63) is 59.0 Å². The van der Waals surface area contributed by atoms with Crippen molar-refractivity contribution in [1.82, 2.24) is 5.32 Å². The van der Waals surface area contributed by atoms with E-state index in [9.17, 15) is 9.59 Å². The first-order valence-electron chi connectivity index (χ1n) is 7.75. The third kappa shape index (κ3) is 2.99. The highest BCUT2D eigenvalue weighted by Crippen LogP contribution is 2.47. The fourth-order valence-electron chi connectivity index (χ4n) is 2.83. The summed E-state index contributed by atoms with van der Waals surface area (Å²) in [4.78, 5) is 23.4. The van der Waals surface area contributed by atoms with Gasteiger partial charge in [-0.2, -0.15) is 0 Å². The molecule has 2 N–H and O–H groups in total. The summed E-state index contributed by atoms with van der Waals surface area (Å²) in [5.41, 5.74) is 1.29. The van der Waals surface area contributed by atoms with Crippen LogP contribution in [0.3, 0.4) is 0 Å². The first kappa shape index (κ1) is 15.3. The summed E-state index contributed by atoms with van der Waals surface area (Å²) in [5.74, 6) is -1.06. The molecular weight excluding hydrogens is 294 g/mol. The summed E-state index contributed by atoms with van der Waals surface area (Å²) < 4.78 is 5.39. The lowest BCUT2D eigenvalue weighted by Crippen LogP contribution is -2.32. The van der Waals surface area contributed by atoms with Crippen molar-refractivity contribution in [2.45, 2.75) is 31.6 Å². The molecule has 0 radical (unpaired) electrons. The van der Waals surface area contributed by atoms with Crippen molar-refractivity contribution in [3.63, 3.8) is 0 Å². The number of carboxylic acids is 1. The van der Waals surface area contributed by atoms with Gasteiger partial charge in [0.25, 0.3) is 5.91 Å². The Kier molecular flexibility index (Phi) is 3.94. The van der Waals surface area contributed by atoms with Gasteiger partial charge >= 0.3 is 5.97 Å². The maximum Gasteiger partial charge on any atom is 0.339 e. The van der Waals surface area contributed by atoms with Crippen molar-refractivity contribution < 1.29 is 19.1 Å². The lowest BCUT2D eigenvalue weighted by Gasteiger charge is -2.16. The predicted octanol–water partition coefficient (Wildman–Crippen LogP) is 3.00. The third-order valence-corrected chi connectivity index (χ3v) is 4.41. The molecule has 1 heterocycles. The summed E-state index contributed by atoms with van der Waals surface area (Å²) in [6.45, 7) is 2.32. The van der Waals surface area contributed by atoms with Crippen LogP contribution in [-0.2, 0) is 11.8 Å². The van der Waals surface area contributed by atoms with E-state index < -0.39 is 5.97 Å². The number of benzene rings is 1. The number of aromatic carboxylic acids is 1. The number of carbonyl (C=O) groups is 2. The minimum Gasteiger partial charge on any atom is -0.478 e. The summed E-state index contributed by atoms with van der Waals surface area (Å²) in [7, 11) is 0. The molecule has 0 aliphatic heterocycles. The largest absolute Gasteiger partial charge is 0.478 e. The Hall–Kier alpha value is -2.56. The summed E-state index contributed by atoms with van der Waals surface area (Å²) in [5, 5.41) is 12.0. The van der Waals surface area contributed by atoms with Crippen LogP contribution in [0.5, 0.6) is 0 Å². The van der Waals surface area contributed by atoms with Crippen LogP contribution in [-0.4, -0.2) is 23.5 Å². The monoisotopic (exact) mass is 313 g/mol. The molecule has 120 valence electrons. The first-order valence-corrected chi connectivity index (χ1v) is 7.75. The molecule has 1 fully saturated rings. The van der Waals surface area contributed by atoms with Gasteiger partial charge in [0.2, 0.25) is 0 Å². The van der Waals surface area contributed by atoms with Crippen LogP contribution in [0.25, 0.3) is 0 Å². The number of aryl methyl sites for hydroxylation is 1. The maximum atomic E-state index is 12.3. The second-order valence-corrected chi connectivity index (χ2v) is 5.94. The molecule has 5 heteroatoms. The van der Waals surface area contributed by atoms with Gasteiger partial charge in [0.05, 0.1) is 0 Å². The minimum atomic E-state index is -1.08. The molecule has 0 unspecified atom stereocenters. The van der Waals surface area contributed by atoms with Crippen LogP contribution >= 0.6 is 0 Å². The summed E-state index contributed by atoms with van der Waals surface area (Å²) in [6.07, 6.45) is 2.51. The van der Waals surface area contributed by atoms with Gasteiger partial charge in [0.15, 0.2) is 5.76 Å². The predicted molar refractivity (Wildman–Crippen MR) is 84.7 cm³/mol. The van der Waals surface area contributed by atoms with E-state index in [4.69, 9.17) is 9.52 Å². The standard InChI is InChI=1S/C18H19NO4/c1-2-14-13(17(21)22)10-15(23-14)16(20)19-11-18(8-9-18)12-6-4-3-5-7-12/h3-7,10H,2,8-9,11H2,1H3,(H,19,20)(H,21,22). The number of hydrogen-bond acceptors (Lipinski definition) is 3. The van der Waals surface area contributed by atoms with Crippen LogP contribution < -0.4 is 5.32 Å². The molecule has 1 aliphatic rings. The van der Waals surface area contributed by atoms with Gasteiger partial charge in [-0.05, 0) is 18.4 Å². The molecule has 1 amide bonds. The maximum absolute atomic E-state index is 12.3. The van der Waals surface area contributed by atoms with E-state index in [-0.39, 0.29) is 22.6 Å². The van der Waals surface area contributed by atoms with Crippen molar-refractivity contribution >= 4 is 11.9 Å². The average Bonchev–Trinajstić information content (AvgIpc) is 3.23. The molecule has 1 saturated carbocycles. The molecule has 1 aliphatic carbocycles. The van der Waals surface area contributed by atoms with E-state index in [1.54, 1.807) is 6.92 Å². The zero-order chi connectivity index (χ0) is 16.4. The molecule has 0 bridgehead atoms. The fraction of sp³-hybridized carbons (Fsp3) is 0.333. The summed E-state index contributed by atoms with van der Waals surface area (Å²) in [6, 6.07) is 11.4. The van der Waals surface area contributed by atoms with Gasteiger partial charge in [0, 0.05) is 24.4 Å². The normalized spacial score (nSPS) is 15.2. The topological polar surface area (TPSA) is 79.5 Å². The molecular formula is C18H19NO4. The number of hydrogen-bond donors (Lipinski definition) is 2. The van der Waals surface area contributed by atoms with Crippen LogP contribution in [0.1, 0.15) is 52.0 Å². The Labute approximate surface area is 134 Å². The molecule has 1 aromatic heterocycles. The van der Waals surface area contributed by atoms with E-state index in [2.05, 4.69) is 17.4 Å². The van der Waals surface area contributed by atoms with Crippen LogP contribution in [0, 0.1) is 0 Å². The molecule has 0 atom stereocenters. The van der Waals surface area contributed by atoms with E-state index in [1.807, 2.05) is 18.2 Å². The van der Waals surface area contributed by atoms with Gasteiger partial charge in [-0.1, -0.05) is 37.3 Å². The molecule has 2 aromatic rings. The highest BCUT2D eigenvalue weighted by Gasteiger charge is 2.44. The number of carboxylic acid groups (broad SMARTS) is 1. The highest BCUT2D eigenvalue weighted by molar-refractivity contribution is 5.96. The Morgan fingerprint density at radius 3 is 2.48 bits per heavy atom. The molecule has 5 nitrogen and oxygen atoms in total. The number of amides is 1. The van der Waals surface area contributed by atoms with Crippen LogP contribution in [0.15, 0.2) is 40.8 Å². The van der Waals surface area contributed by atoms with Crippen molar-refractivity contribution in [1.29, 1.82) is 0 Å². The SMILES string of the molecule is CCc1oc(C(=O)NCC2(c3ccccc3)CC2)cc1C(=O)O. The molecule has 0 spiro atoms. The lowest BCUT2D eigenvalue weighted by molar-refractivity contribution is 0.0694. The average molecular weight is 313 g/mol. The molecule has 23 heavy (non-hydrogen) atoms. The van der Waals surface area contributed by atoms with Crippen LogP contribution in [0.2, 0.25) is 0 Å². The summed E-state index contributed by atoms with van der Waals surface area (Å²) >= 11 is 0. The Balaban J connectivity index is 1.70. The van der Waals surface area contributed by atoms with E-state index in [0.717, 1.165) is 12.8 Å². The van der Waals surface area contributed by atoms with Gasteiger partial charge in [-0.3, -0.25) is 4.79 Å². The van der Waals surface area contributed by atoms with Crippen molar-refractivity contribution in [2.75, 3.05) is 6.54 Å². The number of carbonyl (C=O) groups excluding carboxylic acids is 1. The van der Waals surface area contributed by atoms with E-state index in [1.165, 1.54) is 11.6 Å². The second kappa shape index (κ2) is 5.91. The lowest BCUT2D eigenvalue weighted by atomic mass is 9.96. The van der Waals surface area contributed by atoms with Gasteiger partial charge in [0.1, 0.15) is 11.3 Å². The molecule has 1 aromatic carbocycles. The number of nitrogens with one attached hydrogen (secondary N) is 1. The van der Waals surface area contributed by atoms with Gasteiger partial charge in [-0.25, -0.2) is 4.79 Å². The van der Waals surface area contributed by atoms with E-state index in [0.29, 0.717) is 18.7 Å². The first-order chi connectivity index (χ1) is 11.1. The quantitative estimate of drug-likeness (QED) is 0.859. The second-order valence-electron chi connectivity index (χ2n) is 5.94. The number of furan rings is 1. The smallest absolute Gasteiger partial charge is 0.339 e. The fourth-order valence-corrected chi connectivity index (χ4v) is 2.83. The van der Waals surface area contributed by atoms with Gasteiger partial charge < -0.3 is 14.8 Å². The van der Waals surface area contributed by atoms with Crippen LogP contribution in [0.4, 0.5) is 0 Å². The Morgan fingerprint density at radius 2 is 1.96 bits per heavy atom. The Bertz CT molecular complexity index is 729. The van der Waals surface area contributed by atoms with Crippen molar-refractivity contribution in [2.24, 2.45) is 0 Å². The molecule has 0 saturated heterocycles. The van der Waals surface area contributed by atoms with Gasteiger partial charge in [-0.15, -0.1) is 0 Å². The Morgan fingerprint density at radius 1 is 1.26 bits per heavy atom.